The monoisotopic (exact) mass is 440 g/mol. The Kier molecular flexibility index (Phi) is 6.18. The number of thioether (sulfide) groups is 1. The van der Waals surface area contributed by atoms with Gasteiger partial charge in [0.2, 0.25) is 0 Å². The summed E-state index contributed by atoms with van der Waals surface area (Å²) in [7, 11) is 0. The Labute approximate surface area is 183 Å². The third-order valence-electron chi connectivity index (χ3n) is 4.76. The molecule has 0 atom stereocenters. The van der Waals surface area contributed by atoms with Crippen LogP contribution >= 0.6 is 11.8 Å². The molecule has 0 saturated heterocycles. The van der Waals surface area contributed by atoms with Gasteiger partial charge in [-0.2, -0.15) is 0 Å². The Morgan fingerprint density at radius 3 is 2.77 bits per heavy atom. The molecule has 0 fully saturated rings. The number of halogens is 2. The van der Waals surface area contributed by atoms with E-state index < -0.39 is 11.6 Å². The van der Waals surface area contributed by atoms with E-state index in [1.165, 1.54) is 12.1 Å². The fraction of sp³-hybridized carbons (Fsp3) is 0.261. The highest BCUT2D eigenvalue weighted by Gasteiger charge is 2.18. The summed E-state index contributed by atoms with van der Waals surface area (Å²) in [4.78, 5) is 9.80. The Bertz CT molecular complexity index is 1200. The average Bonchev–Trinajstić information content (AvgIpc) is 3.37. The highest BCUT2D eigenvalue weighted by atomic mass is 32.2. The molecular formula is C23H22F2N4OS. The van der Waals surface area contributed by atoms with Crippen LogP contribution in [0.2, 0.25) is 0 Å². The summed E-state index contributed by atoms with van der Waals surface area (Å²) < 4.78 is 35.0. The zero-order chi connectivity index (χ0) is 22.0. The van der Waals surface area contributed by atoms with Crippen LogP contribution in [0, 0.1) is 17.6 Å². The van der Waals surface area contributed by atoms with E-state index in [4.69, 9.17) is 4.52 Å². The largest absolute Gasteiger partial charge is 0.359 e. The van der Waals surface area contributed by atoms with Crippen molar-refractivity contribution in [3.63, 3.8) is 0 Å². The van der Waals surface area contributed by atoms with Crippen LogP contribution in [0.15, 0.2) is 53.3 Å². The van der Waals surface area contributed by atoms with E-state index in [-0.39, 0.29) is 11.4 Å². The molecule has 2 aliphatic rings. The first-order chi connectivity index (χ1) is 14.9. The van der Waals surface area contributed by atoms with Gasteiger partial charge in [-0.1, -0.05) is 31.1 Å². The lowest BCUT2D eigenvalue weighted by atomic mass is 10.1. The van der Waals surface area contributed by atoms with Gasteiger partial charge in [-0.15, -0.1) is 11.8 Å². The fourth-order valence-corrected chi connectivity index (χ4v) is 3.73. The summed E-state index contributed by atoms with van der Waals surface area (Å²) in [5, 5.41) is 4.20. The maximum Gasteiger partial charge on any atom is 0.169 e. The molecule has 3 heterocycles. The summed E-state index contributed by atoms with van der Waals surface area (Å²) in [5.74, 6) is -0.428. The van der Waals surface area contributed by atoms with Crippen LogP contribution in [0.3, 0.4) is 0 Å². The molecule has 0 saturated carbocycles. The SMILES string of the molecule is CS/C(=C\CC(C)C)c1cc(Cn2ccc3nc(-c4cccc(F)c4F)nc-3c2)on1. The van der Waals surface area contributed by atoms with Crippen LogP contribution in [-0.2, 0) is 6.54 Å². The molecule has 0 radical (unpaired) electrons. The van der Waals surface area contributed by atoms with Gasteiger partial charge in [-0.3, -0.25) is 0 Å². The van der Waals surface area contributed by atoms with Crippen LogP contribution in [0.5, 0.6) is 0 Å². The van der Waals surface area contributed by atoms with Crippen LogP contribution in [0.1, 0.15) is 31.7 Å². The molecule has 0 bridgehead atoms. The molecule has 0 aliphatic carbocycles. The first-order valence-corrected chi connectivity index (χ1v) is 11.1. The van der Waals surface area contributed by atoms with Gasteiger partial charge in [0.05, 0.1) is 17.8 Å². The molecule has 5 nitrogen and oxygen atoms in total. The van der Waals surface area contributed by atoms with Gasteiger partial charge in [0, 0.05) is 23.4 Å². The van der Waals surface area contributed by atoms with Gasteiger partial charge >= 0.3 is 0 Å². The molecule has 1 aromatic heterocycles. The predicted molar refractivity (Wildman–Crippen MR) is 119 cm³/mol. The van der Waals surface area contributed by atoms with Crippen molar-refractivity contribution < 1.29 is 13.3 Å². The summed E-state index contributed by atoms with van der Waals surface area (Å²) in [5.41, 5.74) is 2.05. The zero-order valence-corrected chi connectivity index (χ0v) is 18.3. The maximum atomic E-state index is 14.1. The van der Waals surface area contributed by atoms with E-state index in [0.717, 1.165) is 23.1 Å². The average molecular weight is 441 g/mol. The molecule has 160 valence electrons. The lowest BCUT2D eigenvalue weighted by Gasteiger charge is -2.05. The Morgan fingerprint density at radius 2 is 2.00 bits per heavy atom. The highest BCUT2D eigenvalue weighted by Crippen LogP contribution is 2.29. The molecular weight excluding hydrogens is 418 g/mol. The number of nitrogens with zero attached hydrogens (tertiary/aromatic N) is 4. The van der Waals surface area contributed by atoms with Crippen molar-refractivity contribution in [1.82, 2.24) is 19.7 Å². The lowest BCUT2D eigenvalue weighted by Crippen LogP contribution is -1.99. The van der Waals surface area contributed by atoms with Crippen molar-refractivity contribution in [3.05, 3.63) is 71.9 Å². The molecule has 0 unspecified atom stereocenters. The number of imidazole rings is 1. The van der Waals surface area contributed by atoms with Gasteiger partial charge < -0.3 is 9.09 Å². The Balaban J connectivity index is 1.56. The summed E-state index contributed by atoms with van der Waals surface area (Å²) >= 11 is 1.65. The molecule has 1 aromatic carbocycles. The summed E-state index contributed by atoms with van der Waals surface area (Å²) in [6.45, 7) is 4.82. The molecule has 8 heteroatoms. The minimum atomic E-state index is -0.949. The Morgan fingerprint density at radius 1 is 1.19 bits per heavy atom. The van der Waals surface area contributed by atoms with Crippen molar-refractivity contribution in [2.45, 2.75) is 26.8 Å². The minimum Gasteiger partial charge on any atom is -0.359 e. The first-order valence-electron chi connectivity index (χ1n) is 9.92. The molecule has 31 heavy (non-hydrogen) atoms. The highest BCUT2D eigenvalue weighted by molar-refractivity contribution is 8.07. The summed E-state index contributed by atoms with van der Waals surface area (Å²) in [6.07, 6.45) is 8.83. The zero-order valence-electron chi connectivity index (χ0n) is 17.5. The fourth-order valence-electron chi connectivity index (χ4n) is 3.17. The predicted octanol–water partition coefficient (Wildman–Crippen LogP) is 6.11. The van der Waals surface area contributed by atoms with E-state index >= 15 is 0 Å². The normalized spacial score (nSPS) is 12.3. The molecule has 4 rings (SSSR count). The van der Waals surface area contributed by atoms with Gasteiger partial charge in [-0.25, -0.2) is 18.7 Å². The molecule has 2 aromatic rings. The number of hydrogen-bond acceptors (Lipinski definition) is 5. The number of allylic oxidation sites excluding steroid dienone is 1. The second-order valence-corrected chi connectivity index (χ2v) is 8.46. The van der Waals surface area contributed by atoms with Gasteiger partial charge in [0.25, 0.3) is 0 Å². The second kappa shape index (κ2) is 9.01. The van der Waals surface area contributed by atoms with Gasteiger partial charge in [0.1, 0.15) is 11.4 Å². The van der Waals surface area contributed by atoms with Crippen molar-refractivity contribution in [2.75, 3.05) is 6.26 Å². The van der Waals surface area contributed by atoms with Gasteiger partial charge in [0.15, 0.2) is 23.2 Å². The standard InChI is InChI=1S/C23H22F2N4OS/c1-14(2)7-8-21(31-3)19-11-15(30-28-19)12-29-10-9-18-20(13-29)27-23(26-18)16-5-4-6-17(24)22(16)25/h4-6,8-11,13-14H,7,12H2,1-3H3/b21-8-. The number of hydrogen-bond donors (Lipinski definition) is 0. The van der Waals surface area contributed by atoms with E-state index in [2.05, 4.69) is 35.0 Å². The smallest absolute Gasteiger partial charge is 0.169 e. The van der Waals surface area contributed by atoms with Crippen LogP contribution < -0.4 is 0 Å². The molecule has 0 amide bonds. The van der Waals surface area contributed by atoms with E-state index in [9.17, 15) is 8.78 Å². The number of aromatic nitrogens is 4. The van der Waals surface area contributed by atoms with E-state index in [1.807, 2.05) is 23.1 Å². The number of rotatable bonds is 7. The van der Waals surface area contributed by atoms with Gasteiger partial charge in [-0.05, 0) is 36.8 Å². The molecule has 0 N–H and O–H groups in total. The number of pyridine rings is 1. The van der Waals surface area contributed by atoms with E-state index in [1.54, 1.807) is 24.0 Å². The lowest BCUT2D eigenvalue weighted by molar-refractivity contribution is 0.375. The second-order valence-electron chi connectivity index (χ2n) is 7.62. The first kappa shape index (κ1) is 21.2. The number of benzene rings is 1. The quantitative estimate of drug-likeness (QED) is 0.347. The third-order valence-corrected chi connectivity index (χ3v) is 5.58. The maximum absolute atomic E-state index is 14.1. The molecule has 2 aliphatic heterocycles. The molecule has 0 spiro atoms. The third kappa shape index (κ3) is 4.69. The number of fused-ring (bicyclic) bond motifs is 1. The Hall–Kier alpha value is -3.00. The van der Waals surface area contributed by atoms with Crippen molar-refractivity contribution >= 4 is 16.7 Å². The van der Waals surface area contributed by atoms with Crippen molar-refractivity contribution in [3.8, 4) is 22.8 Å². The van der Waals surface area contributed by atoms with Crippen molar-refractivity contribution in [2.24, 2.45) is 5.92 Å². The van der Waals surface area contributed by atoms with Crippen molar-refractivity contribution in [1.29, 1.82) is 0 Å². The van der Waals surface area contributed by atoms with Crippen LogP contribution in [-0.4, -0.2) is 25.9 Å². The summed E-state index contributed by atoms with van der Waals surface area (Å²) in [6, 6.07) is 7.70. The minimum absolute atomic E-state index is 0.0420. The topological polar surface area (TPSA) is 56.7 Å². The van der Waals surface area contributed by atoms with Crippen LogP contribution in [0.4, 0.5) is 8.78 Å². The van der Waals surface area contributed by atoms with Crippen LogP contribution in [0.25, 0.3) is 27.7 Å². The van der Waals surface area contributed by atoms with E-state index in [0.29, 0.717) is 29.6 Å².